The summed E-state index contributed by atoms with van der Waals surface area (Å²) >= 11 is 5.93. The van der Waals surface area contributed by atoms with Crippen LogP contribution in [-0.4, -0.2) is 27.7 Å². The number of ketones is 1. The van der Waals surface area contributed by atoms with E-state index in [-0.39, 0.29) is 5.91 Å². The highest BCUT2D eigenvalue weighted by Gasteiger charge is 2.34. The van der Waals surface area contributed by atoms with Crippen molar-refractivity contribution in [3.63, 3.8) is 0 Å². The molecule has 146 valence electrons. The number of rotatable bonds is 4. The molecule has 1 aromatic heterocycles. The maximum atomic E-state index is 13.5. The Kier molecular flexibility index (Phi) is 5.32. The summed E-state index contributed by atoms with van der Waals surface area (Å²) < 4.78 is 1.21. The number of halogens is 1. The van der Waals surface area contributed by atoms with Crippen molar-refractivity contribution in [3.8, 4) is 0 Å². The fourth-order valence-corrected chi connectivity index (χ4v) is 3.77. The van der Waals surface area contributed by atoms with Gasteiger partial charge in [0.05, 0.1) is 0 Å². The van der Waals surface area contributed by atoms with E-state index in [1.54, 1.807) is 41.3 Å². The molecule has 2 aromatic carbocycles. The summed E-state index contributed by atoms with van der Waals surface area (Å²) in [6.45, 7) is 0.919. The van der Waals surface area contributed by atoms with Crippen LogP contribution in [0.25, 0.3) is 0 Å². The number of benzene rings is 2. The number of carbonyl (C=O) groups is 2. The third-order valence-corrected chi connectivity index (χ3v) is 5.43. The maximum absolute atomic E-state index is 13.5. The third-order valence-electron chi connectivity index (χ3n) is 5.18. The Morgan fingerprint density at radius 1 is 0.897 bits per heavy atom. The maximum Gasteiger partial charge on any atom is 0.254 e. The van der Waals surface area contributed by atoms with Gasteiger partial charge in [-0.05, 0) is 47.9 Å². The van der Waals surface area contributed by atoms with E-state index in [0.717, 1.165) is 5.56 Å². The molecule has 0 radical (unpaired) electrons. The summed E-state index contributed by atoms with van der Waals surface area (Å²) in [6, 6.07) is 17.6. The van der Waals surface area contributed by atoms with Crippen molar-refractivity contribution in [3.05, 3.63) is 105 Å². The van der Waals surface area contributed by atoms with Crippen molar-refractivity contribution in [2.45, 2.75) is 19.0 Å². The fourth-order valence-electron chi connectivity index (χ4n) is 3.64. The molecular weight excluding hydrogens is 388 g/mol. The van der Waals surface area contributed by atoms with Crippen LogP contribution in [0.3, 0.4) is 0 Å². The Morgan fingerprint density at radius 3 is 2.31 bits per heavy atom. The van der Waals surface area contributed by atoms with Crippen molar-refractivity contribution in [1.29, 1.82) is 0 Å². The van der Waals surface area contributed by atoms with E-state index in [4.69, 9.17) is 11.6 Å². The van der Waals surface area contributed by atoms with Gasteiger partial charge in [0.1, 0.15) is 0 Å². The van der Waals surface area contributed by atoms with E-state index in [9.17, 15) is 14.4 Å². The van der Waals surface area contributed by atoms with Gasteiger partial charge in [-0.2, -0.15) is 0 Å². The first-order valence-corrected chi connectivity index (χ1v) is 9.75. The van der Waals surface area contributed by atoms with Crippen LogP contribution < -0.4 is 5.56 Å². The quantitative estimate of drug-likeness (QED) is 0.492. The van der Waals surface area contributed by atoms with Crippen LogP contribution in [0.4, 0.5) is 0 Å². The smallest absolute Gasteiger partial charge is 0.254 e. The molecule has 0 fully saturated rings. The molecule has 1 atom stereocenters. The minimum atomic E-state index is -1.25. The number of pyridine rings is 1. The number of amides is 1. The van der Waals surface area contributed by atoms with E-state index in [1.807, 2.05) is 18.2 Å². The van der Waals surface area contributed by atoms with Crippen molar-refractivity contribution in [2.75, 3.05) is 6.54 Å². The molecule has 0 spiro atoms. The molecule has 0 aliphatic carbocycles. The monoisotopic (exact) mass is 406 g/mol. The third kappa shape index (κ3) is 3.87. The zero-order chi connectivity index (χ0) is 20.4. The second kappa shape index (κ2) is 8.05. The molecule has 4 rings (SSSR count). The number of carbonyl (C=O) groups excluding carboxylic acids is 2. The average molecular weight is 407 g/mol. The highest BCUT2D eigenvalue weighted by Crippen LogP contribution is 2.23. The standard InChI is InChI=1S/C23H19ClN2O3/c24-19-10-8-17(9-11-19)22(28)21(26-13-4-3-7-20(26)27)23(29)25-14-12-16-5-1-2-6-18(16)15-25/h1-11,13,21H,12,14-15H2/t21-/m0/s1. The van der Waals surface area contributed by atoms with Gasteiger partial charge in [0.15, 0.2) is 11.8 Å². The lowest BCUT2D eigenvalue weighted by Crippen LogP contribution is -2.45. The lowest BCUT2D eigenvalue weighted by atomic mass is 9.97. The Labute approximate surface area is 173 Å². The second-order valence-electron chi connectivity index (χ2n) is 7.00. The molecule has 0 N–H and O–H groups in total. The minimum Gasteiger partial charge on any atom is -0.336 e. The van der Waals surface area contributed by atoms with E-state index in [2.05, 4.69) is 6.07 Å². The SMILES string of the molecule is O=C(c1ccc(Cl)cc1)[C@@H](C(=O)N1CCc2ccccc2C1)n1ccccc1=O. The highest BCUT2D eigenvalue weighted by atomic mass is 35.5. The van der Waals surface area contributed by atoms with Crippen LogP contribution in [-0.2, 0) is 17.8 Å². The van der Waals surface area contributed by atoms with Gasteiger partial charge in [-0.3, -0.25) is 19.0 Å². The Bertz CT molecular complexity index is 1120. The first-order chi connectivity index (χ1) is 14.0. The van der Waals surface area contributed by atoms with Crippen LogP contribution in [0.5, 0.6) is 0 Å². The van der Waals surface area contributed by atoms with Crippen molar-refractivity contribution < 1.29 is 9.59 Å². The largest absolute Gasteiger partial charge is 0.336 e. The molecule has 0 saturated carbocycles. The van der Waals surface area contributed by atoms with Crippen LogP contribution >= 0.6 is 11.6 Å². The molecule has 2 heterocycles. The molecule has 0 bridgehead atoms. The summed E-state index contributed by atoms with van der Waals surface area (Å²) in [5, 5.41) is 0.494. The van der Waals surface area contributed by atoms with Gasteiger partial charge in [0.2, 0.25) is 0 Å². The van der Waals surface area contributed by atoms with Gasteiger partial charge in [0.25, 0.3) is 11.5 Å². The normalized spacial score (nSPS) is 14.2. The number of fused-ring (bicyclic) bond motifs is 1. The molecule has 3 aromatic rings. The number of Topliss-reactive ketones (excluding diaryl/α,β-unsaturated/α-hetero) is 1. The summed E-state index contributed by atoms with van der Waals surface area (Å²) in [4.78, 5) is 40.9. The van der Waals surface area contributed by atoms with Gasteiger partial charge < -0.3 is 4.90 Å². The van der Waals surface area contributed by atoms with Crippen LogP contribution in [0.2, 0.25) is 5.02 Å². The summed E-state index contributed by atoms with van der Waals surface area (Å²) in [5.74, 6) is -0.813. The van der Waals surface area contributed by atoms with Crippen molar-refractivity contribution >= 4 is 23.3 Å². The first-order valence-electron chi connectivity index (χ1n) is 9.37. The van der Waals surface area contributed by atoms with Crippen LogP contribution in [0, 0.1) is 0 Å². The van der Waals surface area contributed by atoms with Crippen molar-refractivity contribution in [1.82, 2.24) is 9.47 Å². The second-order valence-corrected chi connectivity index (χ2v) is 7.43. The van der Waals surface area contributed by atoms with Crippen molar-refractivity contribution in [2.24, 2.45) is 0 Å². The molecular formula is C23H19ClN2O3. The number of hydrogen-bond donors (Lipinski definition) is 0. The van der Waals surface area contributed by atoms with Crippen LogP contribution in [0.15, 0.2) is 77.7 Å². The highest BCUT2D eigenvalue weighted by molar-refractivity contribution is 6.30. The van der Waals surface area contributed by atoms with Gasteiger partial charge in [-0.15, -0.1) is 0 Å². The molecule has 1 aliphatic heterocycles. The fraction of sp³-hybridized carbons (Fsp3) is 0.174. The number of hydrogen-bond acceptors (Lipinski definition) is 3. The molecule has 29 heavy (non-hydrogen) atoms. The van der Waals surface area contributed by atoms with E-state index >= 15 is 0 Å². The average Bonchev–Trinajstić information content (AvgIpc) is 2.75. The number of aromatic nitrogens is 1. The summed E-state index contributed by atoms with van der Waals surface area (Å²) in [7, 11) is 0. The van der Waals surface area contributed by atoms with Gasteiger partial charge in [0, 0.05) is 35.9 Å². The van der Waals surface area contributed by atoms with Gasteiger partial charge in [-0.1, -0.05) is 41.9 Å². The lowest BCUT2D eigenvalue weighted by Gasteiger charge is -2.32. The molecule has 5 nitrogen and oxygen atoms in total. The Morgan fingerprint density at radius 2 is 1.59 bits per heavy atom. The van der Waals surface area contributed by atoms with E-state index in [0.29, 0.717) is 30.1 Å². The topological polar surface area (TPSA) is 59.4 Å². The van der Waals surface area contributed by atoms with E-state index in [1.165, 1.54) is 22.4 Å². The van der Waals surface area contributed by atoms with Gasteiger partial charge in [-0.25, -0.2) is 0 Å². The predicted molar refractivity (Wildman–Crippen MR) is 111 cm³/mol. The zero-order valence-electron chi connectivity index (χ0n) is 15.6. The van der Waals surface area contributed by atoms with E-state index < -0.39 is 17.4 Å². The minimum absolute atomic E-state index is 0.334. The molecule has 0 unspecified atom stereocenters. The molecule has 1 aliphatic rings. The molecule has 6 heteroatoms. The Hall–Kier alpha value is -3.18. The Balaban J connectivity index is 1.72. The zero-order valence-corrected chi connectivity index (χ0v) is 16.4. The van der Waals surface area contributed by atoms with Gasteiger partial charge >= 0.3 is 0 Å². The first kappa shape index (κ1) is 19.2. The summed E-state index contributed by atoms with van der Waals surface area (Å²) in [6.07, 6.45) is 2.20. The predicted octanol–water partition coefficient (Wildman–Crippen LogP) is 3.51. The molecule has 1 amide bonds. The summed E-state index contributed by atoms with van der Waals surface area (Å²) in [5.41, 5.74) is 2.20. The lowest BCUT2D eigenvalue weighted by molar-refractivity contribution is -0.134. The number of nitrogens with zero attached hydrogens (tertiary/aromatic N) is 2. The van der Waals surface area contributed by atoms with Crippen LogP contribution in [0.1, 0.15) is 27.5 Å². The molecule has 0 saturated heterocycles.